The average molecular weight is 295 g/mol. The third-order valence-electron chi connectivity index (χ3n) is 2.74. The lowest BCUT2D eigenvalue weighted by Crippen LogP contribution is -2.21. The number of ether oxygens (including phenoxy) is 2. The highest BCUT2D eigenvalue weighted by Gasteiger charge is 2.16. The lowest BCUT2D eigenvalue weighted by Gasteiger charge is -2.13. The molecule has 0 aliphatic heterocycles. The van der Waals surface area contributed by atoms with E-state index in [1.165, 1.54) is 23.7 Å². The predicted octanol–water partition coefficient (Wildman–Crippen LogP) is 1.42. The molecule has 1 amide bonds. The Labute approximate surface area is 119 Å². The Morgan fingerprint density at radius 3 is 2.86 bits per heavy atom. The molecular weight excluding hydrogens is 281 g/mol. The molecule has 0 atom stereocenters. The molecule has 0 saturated heterocycles. The van der Waals surface area contributed by atoms with E-state index in [0.717, 1.165) is 0 Å². The van der Waals surface area contributed by atoms with Gasteiger partial charge in [-0.3, -0.25) is 14.7 Å². The Morgan fingerprint density at radius 1 is 1.43 bits per heavy atom. The maximum Gasteiger partial charge on any atom is 0.275 e. The van der Waals surface area contributed by atoms with Crippen LogP contribution in [-0.2, 0) is 13.7 Å². The van der Waals surface area contributed by atoms with Crippen molar-refractivity contribution in [1.29, 1.82) is 0 Å². The van der Waals surface area contributed by atoms with Crippen molar-refractivity contribution >= 4 is 5.91 Å². The first-order valence-electron chi connectivity index (χ1n) is 6.03. The van der Waals surface area contributed by atoms with E-state index in [-0.39, 0.29) is 17.9 Å². The molecule has 0 saturated carbocycles. The number of carbonyl (C=O) groups excluding carboxylic acids is 1. The minimum atomic E-state index is -1.04. The topological polar surface area (TPSA) is 85.6 Å². The van der Waals surface area contributed by atoms with Crippen molar-refractivity contribution < 1.29 is 23.9 Å². The standard InChI is InChI=1S/C13H14FN3O4/c1-17-6-5-12(15-17)20-7-10-9(13(18)16-19)3-2-4-11(10)21-8-14/h2-6,19H,7-8H2,1H3,(H,16,18). The first-order chi connectivity index (χ1) is 10.2. The summed E-state index contributed by atoms with van der Waals surface area (Å²) < 4.78 is 24.2. The van der Waals surface area contributed by atoms with Gasteiger partial charge in [0.1, 0.15) is 12.4 Å². The van der Waals surface area contributed by atoms with Gasteiger partial charge in [-0.2, -0.15) is 0 Å². The van der Waals surface area contributed by atoms with Crippen LogP contribution >= 0.6 is 0 Å². The number of carbonyl (C=O) groups is 1. The Kier molecular flexibility index (Phi) is 4.72. The smallest absolute Gasteiger partial charge is 0.275 e. The highest BCUT2D eigenvalue weighted by Crippen LogP contribution is 2.24. The number of aromatic nitrogens is 2. The fraction of sp³-hybridized carbons (Fsp3) is 0.231. The molecule has 0 fully saturated rings. The van der Waals surface area contributed by atoms with Gasteiger partial charge in [-0.05, 0) is 12.1 Å². The van der Waals surface area contributed by atoms with Gasteiger partial charge < -0.3 is 9.47 Å². The first kappa shape index (κ1) is 14.8. The summed E-state index contributed by atoms with van der Waals surface area (Å²) in [7, 11) is 1.73. The van der Waals surface area contributed by atoms with Gasteiger partial charge in [0.2, 0.25) is 12.7 Å². The predicted molar refractivity (Wildman–Crippen MR) is 69.8 cm³/mol. The molecule has 0 radical (unpaired) electrons. The number of halogens is 1. The highest BCUT2D eigenvalue weighted by atomic mass is 19.1. The zero-order chi connectivity index (χ0) is 15.2. The summed E-state index contributed by atoms with van der Waals surface area (Å²) in [5.41, 5.74) is 1.97. The normalized spacial score (nSPS) is 10.2. The van der Waals surface area contributed by atoms with Gasteiger partial charge in [0, 0.05) is 24.9 Å². The lowest BCUT2D eigenvalue weighted by molar-refractivity contribution is 0.0702. The highest BCUT2D eigenvalue weighted by molar-refractivity contribution is 5.95. The number of aryl methyl sites for hydroxylation is 1. The molecule has 8 heteroatoms. The van der Waals surface area contributed by atoms with Crippen molar-refractivity contribution in [1.82, 2.24) is 15.3 Å². The molecule has 21 heavy (non-hydrogen) atoms. The van der Waals surface area contributed by atoms with E-state index >= 15 is 0 Å². The van der Waals surface area contributed by atoms with Crippen LogP contribution in [0.5, 0.6) is 11.6 Å². The summed E-state index contributed by atoms with van der Waals surface area (Å²) in [6.07, 6.45) is 1.70. The van der Waals surface area contributed by atoms with Gasteiger partial charge in [-0.25, -0.2) is 9.87 Å². The van der Waals surface area contributed by atoms with Gasteiger partial charge in [-0.15, -0.1) is 5.10 Å². The SMILES string of the molecule is Cn1ccc(OCc2c(OCF)cccc2C(=O)NO)n1. The van der Waals surface area contributed by atoms with E-state index in [4.69, 9.17) is 14.7 Å². The zero-order valence-electron chi connectivity index (χ0n) is 11.2. The quantitative estimate of drug-likeness (QED) is 0.622. The first-order valence-corrected chi connectivity index (χ1v) is 6.03. The zero-order valence-corrected chi connectivity index (χ0v) is 11.2. The van der Waals surface area contributed by atoms with Gasteiger partial charge in [-0.1, -0.05) is 6.07 Å². The fourth-order valence-corrected chi connectivity index (χ4v) is 1.80. The second kappa shape index (κ2) is 6.71. The van der Waals surface area contributed by atoms with E-state index in [1.807, 2.05) is 0 Å². The summed E-state index contributed by atoms with van der Waals surface area (Å²) in [4.78, 5) is 11.6. The average Bonchev–Trinajstić information content (AvgIpc) is 2.91. The second-order valence-corrected chi connectivity index (χ2v) is 4.09. The van der Waals surface area contributed by atoms with Crippen LogP contribution in [0.1, 0.15) is 15.9 Å². The van der Waals surface area contributed by atoms with Gasteiger partial charge in [0.25, 0.3) is 5.91 Å². The molecule has 0 bridgehead atoms. The largest absolute Gasteiger partial charge is 0.472 e. The Balaban J connectivity index is 2.27. The molecule has 0 spiro atoms. The van der Waals surface area contributed by atoms with Crippen molar-refractivity contribution in [3.8, 4) is 11.6 Å². The Morgan fingerprint density at radius 2 is 2.24 bits per heavy atom. The molecule has 112 valence electrons. The number of benzene rings is 1. The summed E-state index contributed by atoms with van der Waals surface area (Å²) >= 11 is 0. The fourth-order valence-electron chi connectivity index (χ4n) is 1.80. The van der Waals surface area contributed by atoms with E-state index in [2.05, 4.69) is 5.10 Å². The molecule has 0 unspecified atom stereocenters. The minimum absolute atomic E-state index is 0.0596. The van der Waals surface area contributed by atoms with Crippen molar-refractivity contribution in [3.05, 3.63) is 41.6 Å². The van der Waals surface area contributed by atoms with E-state index in [1.54, 1.807) is 24.0 Å². The maximum atomic E-state index is 12.4. The minimum Gasteiger partial charge on any atom is -0.472 e. The maximum absolute atomic E-state index is 12.4. The van der Waals surface area contributed by atoms with Crippen LogP contribution in [0.15, 0.2) is 30.5 Å². The third-order valence-corrected chi connectivity index (χ3v) is 2.74. The Hall–Kier alpha value is -2.61. The number of amides is 1. The molecule has 0 aliphatic carbocycles. The molecule has 1 aromatic carbocycles. The van der Waals surface area contributed by atoms with Crippen LogP contribution in [-0.4, -0.2) is 27.8 Å². The summed E-state index contributed by atoms with van der Waals surface area (Å²) in [5, 5.41) is 12.8. The number of nitrogens with one attached hydrogen (secondary N) is 1. The van der Waals surface area contributed by atoms with Crippen LogP contribution in [0.3, 0.4) is 0 Å². The van der Waals surface area contributed by atoms with Gasteiger partial charge in [0.05, 0.1) is 5.56 Å². The van der Waals surface area contributed by atoms with Gasteiger partial charge >= 0.3 is 0 Å². The molecule has 2 N–H and O–H groups in total. The number of nitrogens with zero attached hydrogens (tertiary/aromatic N) is 2. The number of hydrogen-bond acceptors (Lipinski definition) is 5. The van der Waals surface area contributed by atoms with Crippen LogP contribution in [0, 0.1) is 0 Å². The number of hydroxylamine groups is 1. The summed E-state index contributed by atoms with van der Waals surface area (Å²) in [6.45, 7) is -1.10. The van der Waals surface area contributed by atoms with E-state index < -0.39 is 12.8 Å². The van der Waals surface area contributed by atoms with Crippen molar-refractivity contribution in [2.45, 2.75) is 6.61 Å². The van der Waals surface area contributed by atoms with Crippen molar-refractivity contribution in [3.63, 3.8) is 0 Å². The van der Waals surface area contributed by atoms with Crippen LogP contribution in [0.2, 0.25) is 0 Å². The molecular formula is C13H14FN3O4. The number of rotatable bonds is 6. The lowest BCUT2D eigenvalue weighted by atomic mass is 10.1. The number of alkyl halides is 1. The van der Waals surface area contributed by atoms with Crippen LogP contribution in [0.25, 0.3) is 0 Å². The van der Waals surface area contributed by atoms with Crippen LogP contribution < -0.4 is 15.0 Å². The molecule has 1 aromatic heterocycles. The third kappa shape index (κ3) is 3.48. The monoisotopic (exact) mass is 295 g/mol. The van der Waals surface area contributed by atoms with Crippen LogP contribution in [0.4, 0.5) is 4.39 Å². The molecule has 1 heterocycles. The van der Waals surface area contributed by atoms with Crippen molar-refractivity contribution in [2.75, 3.05) is 6.86 Å². The van der Waals surface area contributed by atoms with Crippen molar-refractivity contribution in [2.24, 2.45) is 7.05 Å². The summed E-state index contributed by atoms with van der Waals surface area (Å²) in [6, 6.07) is 6.13. The molecule has 0 aliphatic rings. The molecule has 2 aromatic rings. The Bertz CT molecular complexity index is 630. The molecule has 7 nitrogen and oxygen atoms in total. The number of hydrogen-bond donors (Lipinski definition) is 2. The molecule has 2 rings (SSSR count). The van der Waals surface area contributed by atoms with Gasteiger partial charge in [0.15, 0.2) is 0 Å². The van der Waals surface area contributed by atoms with E-state index in [0.29, 0.717) is 11.4 Å². The van der Waals surface area contributed by atoms with E-state index in [9.17, 15) is 9.18 Å². The summed E-state index contributed by atoms with van der Waals surface area (Å²) in [5.74, 6) is -0.226. The second-order valence-electron chi connectivity index (χ2n) is 4.09.